The summed E-state index contributed by atoms with van der Waals surface area (Å²) in [5.74, 6) is 1.75. The molecule has 1 aliphatic rings. The first-order valence-electron chi connectivity index (χ1n) is 8.77. The number of para-hydroxylation sites is 1. The Kier molecular flexibility index (Phi) is 4.97. The van der Waals surface area contributed by atoms with Crippen LogP contribution in [0, 0.1) is 0 Å². The summed E-state index contributed by atoms with van der Waals surface area (Å²) in [6, 6.07) is 8.37. The molecule has 0 aliphatic carbocycles. The number of nitrogens with one attached hydrogen (secondary N) is 2. The van der Waals surface area contributed by atoms with Gasteiger partial charge in [-0.3, -0.25) is 4.68 Å². The third-order valence-electron chi connectivity index (χ3n) is 4.21. The minimum atomic E-state index is -0.216. The van der Waals surface area contributed by atoms with Crippen molar-refractivity contribution in [3.05, 3.63) is 47.8 Å². The number of aromatic nitrogens is 2. The predicted molar refractivity (Wildman–Crippen MR) is 99.7 cm³/mol. The molecule has 2 N–H and O–H groups in total. The molecule has 0 bridgehead atoms. The highest BCUT2D eigenvalue weighted by molar-refractivity contribution is 5.80. The molecule has 1 aliphatic heterocycles. The van der Waals surface area contributed by atoms with E-state index in [1.807, 2.05) is 31.6 Å². The first kappa shape index (κ1) is 17.3. The van der Waals surface area contributed by atoms with Gasteiger partial charge < -0.3 is 15.4 Å². The Morgan fingerprint density at radius 3 is 2.92 bits per heavy atom. The molecular weight excluding hydrogens is 314 g/mol. The van der Waals surface area contributed by atoms with Crippen LogP contribution in [0.15, 0.2) is 41.7 Å². The molecule has 2 aromatic rings. The van der Waals surface area contributed by atoms with E-state index in [4.69, 9.17) is 9.73 Å². The molecule has 3 rings (SSSR count). The van der Waals surface area contributed by atoms with Crippen LogP contribution in [-0.2, 0) is 13.6 Å². The Labute approximate surface area is 149 Å². The van der Waals surface area contributed by atoms with Gasteiger partial charge in [0.25, 0.3) is 0 Å². The van der Waals surface area contributed by atoms with Gasteiger partial charge in [0, 0.05) is 37.3 Å². The van der Waals surface area contributed by atoms with E-state index in [1.165, 1.54) is 5.56 Å². The lowest BCUT2D eigenvalue weighted by atomic mass is 9.90. The zero-order chi connectivity index (χ0) is 17.9. The summed E-state index contributed by atoms with van der Waals surface area (Å²) in [6.07, 6.45) is 4.71. The average Bonchev–Trinajstić information content (AvgIpc) is 2.97. The number of aliphatic imine (C=N–C) groups is 1. The maximum atomic E-state index is 6.11. The van der Waals surface area contributed by atoms with Gasteiger partial charge in [-0.15, -0.1) is 0 Å². The van der Waals surface area contributed by atoms with Gasteiger partial charge in [-0.1, -0.05) is 18.2 Å². The molecule has 1 aromatic heterocycles. The molecule has 1 aromatic carbocycles. The van der Waals surface area contributed by atoms with Crippen molar-refractivity contribution in [1.29, 1.82) is 0 Å². The van der Waals surface area contributed by atoms with Gasteiger partial charge in [-0.2, -0.15) is 5.10 Å². The Morgan fingerprint density at radius 2 is 2.20 bits per heavy atom. The molecule has 6 nitrogen and oxygen atoms in total. The topological polar surface area (TPSA) is 63.5 Å². The minimum absolute atomic E-state index is 0.159. The number of fused-ring (bicyclic) bond motifs is 1. The lowest BCUT2D eigenvalue weighted by Gasteiger charge is -2.38. The van der Waals surface area contributed by atoms with Gasteiger partial charge in [0.1, 0.15) is 11.4 Å². The number of ether oxygens (including phenoxy) is 1. The molecule has 1 unspecified atom stereocenters. The normalized spacial score (nSPS) is 19.0. The number of hydrogen-bond donors (Lipinski definition) is 2. The quantitative estimate of drug-likeness (QED) is 0.663. The van der Waals surface area contributed by atoms with E-state index in [1.54, 1.807) is 4.68 Å². The second-order valence-electron chi connectivity index (χ2n) is 7.02. The van der Waals surface area contributed by atoms with Crippen LogP contribution in [0.2, 0.25) is 0 Å². The molecule has 0 amide bonds. The van der Waals surface area contributed by atoms with Gasteiger partial charge in [0.2, 0.25) is 0 Å². The third-order valence-corrected chi connectivity index (χ3v) is 4.21. The lowest BCUT2D eigenvalue weighted by Crippen LogP contribution is -2.45. The van der Waals surface area contributed by atoms with Crippen LogP contribution in [-0.4, -0.2) is 27.9 Å². The van der Waals surface area contributed by atoms with E-state index in [9.17, 15) is 0 Å². The van der Waals surface area contributed by atoms with Crippen molar-refractivity contribution >= 4 is 5.96 Å². The van der Waals surface area contributed by atoms with Crippen molar-refractivity contribution in [3.63, 3.8) is 0 Å². The van der Waals surface area contributed by atoms with E-state index in [2.05, 4.69) is 48.6 Å². The maximum Gasteiger partial charge on any atom is 0.192 e. The van der Waals surface area contributed by atoms with E-state index in [0.29, 0.717) is 6.54 Å². The van der Waals surface area contributed by atoms with Crippen LogP contribution >= 0.6 is 0 Å². The van der Waals surface area contributed by atoms with Crippen molar-refractivity contribution < 1.29 is 4.74 Å². The van der Waals surface area contributed by atoms with Crippen molar-refractivity contribution in [3.8, 4) is 5.75 Å². The number of benzene rings is 1. The van der Waals surface area contributed by atoms with Gasteiger partial charge >= 0.3 is 0 Å². The van der Waals surface area contributed by atoms with Crippen molar-refractivity contribution in [1.82, 2.24) is 20.4 Å². The third kappa shape index (κ3) is 4.32. The molecule has 0 saturated heterocycles. The van der Waals surface area contributed by atoms with Crippen molar-refractivity contribution in [2.45, 2.75) is 45.4 Å². The Bertz CT molecular complexity index is 750. The van der Waals surface area contributed by atoms with Crippen molar-refractivity contribution in [2.24, 2.45) is 12.0 Å². The van der Waals surface area contributed by atoms with Crippen LogP contribution in [0.4, 0.5) is 0 Å². The Balaban J connectivity index is 1.79. The van der Waals surface area contributed by atoms with Crippen LogP contribution in [0.3, 0.4) is 0 Å². The minimum Gasteiger partial charge on any atom is -0.487 e. The number of hydrogen-bond acceptors (Lipinski definition) is 3. The number of rotatable bonds is 4. The summed E-state index contributed by atoms with van der Waals surface area (Å²) in [5.41, 5.74) is 2.05. The summed E-state index contributed by atoms with van der Waals surface area (Å²) in [5, 5.41) is 11.1. The summed E-state index contributed by atoms with van der Waals surface area (Å²) < 4.78 is 7.91. The van der Waals surface area contributed by atoms with Gasteiger partial charge in [-0.05, 0) is 26.8 Å². The predicted octanol–water partition coefficient (Wildman–Crippen LogP) is 2.78. The average molecular weight is 341 g/mol. The van der Waals surface area contributed by atoms with Gasteiger partial charge in [0.05, 0.1) is 18.8 Å². The first-order chi connectivity index (χ1) is 12.0. The molecule has 1 atom stereocenters. The molecule has 0 fully saturated rings. The molecular formula is C19H27N5O. The molecule has 0 spiro atoms. The molecule has 0 radical (unpaired) electrons. The zero-order valence-corrected chi connectivity index (χ0v) is 15.4. The largest absolute Gasteiger partial charge is 0.487 e. The number of nitrogens with zero attached hydrogens (tertiary/aromatic N) is 3. The molecule has 6 heteroatoms. The maximum absolute atomic E-state index is 6.11. The van der Waals surface area contributed by atoms with E-state index in [0.717, 1.165) is 30.2 Å². The van der Waals surface area contributed by atoms with Gasteiger partial charge in [0.15, 0.2) is 5.96 Å². The Hall–Kier alpha value is -2.50. The summed E-state index contributed by atoms with van der Waals surface area (Å²) in [4.78, 5) is 4.71. The second-order valence-corrected chi connectivity index (χ2v) is 7.02. The second kappa shape index (κ2) is 7.17. The molecule has 134 valence electrons. The Morgan fingerprint density at radius 1 is 1.40 bits per heavy atom. The zero-order valence-electron chi connectivity index (χ0n) is 15.4. The molecule has 2 heterocycles. The van der Waals surface area contributed by atoms with E-state index >= 15 is 0 Å². The number of aryl methyl sites for hydroxylation is 1. The van der Waals surface area contributed by atoms with Crippen LogP contribution in [0.5, 0.6) is 5.75 Å². The fourth-order valence-electron chi connectivity index (χ4n) is 3.14. The lowest BCUT2D eigenvalue weighted by molar-refractivity contribution is 0.0694. The number of guanidine groups is 1. The SMILES string of the molecule is CCNC(=NCc1cnn(C)c1)NC1CC(C)(C)Oc2ccccc21. The highest BCUT2D eigenvalue weighted by Gasteiger charge is 2.33. The van der Waals surface area contributed by atoms with E-state index < -0.39 is 0 Å². The van der Waals surface area contributed by atoms with Crippen LogP contribution in [0.1, 0.15) is 44.4 Å². The monoisotopic (exact) mass is 341 g/mol. The molecule has 0 saturated carbocycles. The standard InChI is InChI=1S/C19H27N5O/c1-5-20-18(21-11-14-12-22-24(4)13-14)23-16-10-19(2,3)25-17-9-7-6-8-15(16)17/h6-9,12-13,16H,5,10-11H2,1-4H3,(H2,20,21,23). The smallest absolute Gasteiger partial charge is 0.192 e. The van der Waals surface area contributed by atoms with Crippen LogP contribution < -0.4 is 15.4 Å². The fraction of sp³-hybridized carbons (Fsp3) is 0.474. The van der Waals surface area contributed by atoms with E-state index in [-0.39, 0.29) is 11.6 Å². The fourth-order valence-corrected chi connectivity index (χ4v) is 3.14. The highest BCUT2D eigenvalue weighted by atomic mass is 16.5. The highest BCUT2D eigenvalue weighted by Crippen LogP contribution is 2.39. The van der Waals surface area contributed by atoms with Crippen LogP contribution in [0.25, 0.3) is 0 Å². The first-order valence-corrected chi connectivity index (χ1v) is 8.77. The molecule has 25 heavy (non-hydrogen) atoms. The van der Waals surface area contributed by atoms with Gasteiger partial charge in [-0.25, -0.2) is 4.99 Å². The summed E-state index contributed by atoms with van der Waals surface area (Å²) >= 11 is 0. The summed E-state index contributed by atoms with van der Waals surface area (Å²) in [7, 11) is 1.91. The summed E-state index contributed by atoms with van der Waals surface area (Å²) in [6.45, 7) is 7.72. The van der Waals surface area contributed by atoms with Crippen molar-refractivity contribution in [2.75, 3.05) is 6.54 Å².